The summed E-state index contributed by atoms with van der Waals surface area (Å²) in [7, 11) is 0. The van der Waals surface area contributed by atoms with Gasteiger partial charge in [0.25, 0.3) is 0 Å². The molecule has 1 aromatic rings. The first kappa shape index (κ1) is 20.9. The molecule has 1 saturated carbocycles. The van der Waals surface area contributed by atoms with Crippen LogP contribution in [0.2, 0.25) is 0 Å². The Balaban J connectivity index is 1.50. The van der Waals surface area contributed by atoms with E-state index in [-0.39, 0.29) is 29.7 Å². The highest BCUT2D eigenvalue weighted by atomic mass is 32.1. The number of ether oxygens (including phenoxy) is 2. The van der Waals surface area contributed by atoms with E-state index in [9.17, 15) is 14.7 Å². The maximum Gasteiger partial charge on any atom is 0.407 e. The van der Waals surface area contributed by atoms with Gasteiger partial charge in [-0.15, -0.1) is 11.3 Å². The zero-order valence-corrected chi connectivity index (χ0v) is 17.6. The number of anilines is 1. The molecule has 1 aromatic heterocycles. The molecule has 2 fully saturated rings. The fourth-order valence-electron chi connectivity index (χ4n) is 3.59. The van der Waals surface area contributed by atoms with Gasteiger partial charge in [-0.3, -0.25) is 0 Å². The van der Waals surface area contributed by atoms with E-state index in [0.29, 0.717) is 23.8 Å². The van der Waals surface area contributed by atoms with Gasteiger partial charge in [-0.05, 0) is 37.2 Å². The van der Waals surface area contributed by atoms with Crippen LogP contribution in [0.5, 0.6) is 0 Å². The summed E-state index contributed by atoms with van der Waals surface area (Å²) in [6.45, 7) is 7.38. The predicted octanol–water partition coefficient (Wildman–Crippen LogP) is 3.98. The van der Waals surface area contributed by atoms with Crippen LogP contribution in [0.15, 0.2) is 6.07 Å². The molecular formula is C20H30N2O5S. The van der Waals surface area contributed by atoms with Crippen LogP contribution in [0.4, 0.5) is 10.5 Å². The lowest BCUT2D eigenvalue weighted by Crippen LogP contribution is -2.41. The van der Waals surface area contributed by atoms with Gasteiger partial charge in [-0.25, -0.2) is 9.59 Å². The molecule has 1 amide bonds. The lowest BCUT2D eigenvalue weighted by atomic mass is 9.91. The van der Waals surface area contributed by atoms with Crippen LogP contribution in [0.1, 0.15) is 67.4 Å². The standard InChI is InChI=1S/C20H30N2O5S/c1-20(2,3)16-10-15(17(28-16)18(23)24)21-12-4-6-13(7-5-12)22-19(25)27-14-8-9-26-11-14/h10,12-14,21H,4-9,11H2,1-3H3,(H,22,25)(H,23,24)/t12?,13?,14-/m1/s1. The van der Waals surface area contributed by atoms with Gasteiger partial charge in [0.05, 0.1) is 18.9 Å². The van der Waals surface area contributed by atoms with Crippen LogP contribution in [0.3, 0.4) is 0 Å². The van der Waals surface area contributed by atoms with E-state index in [0.717, 1.165) is 37.0 Å². The average molecular weight is 411 g/mol. The van der Waals surface area contributed by atoms with Gasteiger partial charge in [0, 0.05) is 23.4 Å². The maximum atomic E-state index is 12.0. The zero-order valence-electron chi connectivity index (χ0n) is 16.7. The molecule has 0 unspecified atom stereocenters. The van der Waals surface area contributed by atoms with E-state index < -0.39 is 5.97 Å². The number of amides is 1. The van der Waals surface area contributed by atoms with Crippen LogP contribution in [0.25, 0.3) is 0 Å². The van der Waals surface area contributed by atoms with E-state index in [1.165, 1.54) is 11.3 Å². The molecule has 1 saturated heterocycles. The van der Waals surface area contributed by atoms with Crippen LogP contribution >= 0.6 is 11.3 Å². The number of rotatable bonds is 5. The molecule has 1 atom stereocenters. The highest BCUT2D eigenvalue weighted by Crippen LogP contribution is 2.36. The quantitative estimate of drug-likeness (QED) is 0.679. The van der Waals surface area contributed by atoms with E-state index >= 15 is 0 Å². The number of alkyl carbamates (subject to hydrolysis) is 1. The number of carboxylic acids is 1. The molecule has 2 aliphatic rings. The van der Waals surface area contributed by atoms with Crippen molar-refractivity contribution >= 4 is 29.1 Å². The second-order valence-electron chi connectivity index (χ2n) is 8.64. The number of carbonyl (C=O) groups is 2. The van der Waals surface area contributed by atoms with Crippen molar-refractivity contribution in [2.45, 2.75) is 76.5 Å². The molecule has 3 N–H and O–H groups in total. The van der Waals surface area contributed by atoms with E-state index in [1.54, 1.807) is 0 Å². The number of nitrogens with one attached hydrogen (secondary N) is 2. The minimum atomic E-state index is -0.892. The molecule has 7 nitrogen and oxygen atoms in total. The van der Waals surface area contributed by atoms with Crippen molar-refractivity contribution in [1.29, 1.82) is 0 Å². The van der Waals surface area contributed by atoms with Gasteiger partial charge in [0.2, 0.25) is 0 Å². The first-order chi connectivity index (χ1) is 13.2. The number of thiophene rings is 1. The molecule has 0 aromatic carbocycles. The van der Waals surface area contributed by atoms with Crippen molar-refractivity contribution in [3.8, 4) is 0 Å². The number of hydrogen-bond donors (Lipinski definition) is 3. The fraction of sp³-hybridized carbons (Fsp3) is 0.700. The smallest absolute Gasteiger partial charge is 0.407 e. The van der Waals surface area contributed by atoms with Crippen LogP contribution in [-0.4, -0.2) is 48.6 Å². The minimum absolute atomic E-state index is 0.0822. The van der Waals surface area contributed by atoms with Gasteiger partial charge in [-0.1, -0.05) is 20.8 Å². The molecule has 156 valence electrons. The number of carbonyl (C=O) groups excluding carboxylic acids is 1. The molecule has 1 aliphatic heterocycles. The van der Waals surface area contributed by atoms with Gasteiger partial charge in [-0.2, -0.15) is 0 Å². The normalized spacial score (nSPS) is 25.3. The molecule has 0 radical (unpaired) electrons. The number of carboxylic acid groups (broad SMARTS) is 1. The maximum absolute atomic E-state index is 12.0. The molecule has 28 heavy (non-hydrogen) atoms. The second-order valence-corrected chi connectivity index (χ2v) is 9.69. The average Bonchev–Trinajstić information content (AvgIpc) is 3.26. The van der Waals surface area contributed by atoms with E-state index in [1.807, 2.05) is 6.07 Å². The molecule has 1 aliphatic carbocycles. The summed E-state index contributed by atoms with van der Waals surface area (Å²) in [5, 5.41) is 15.9. The summed E-state index contributed by atoms with van der Waals surface area (Å²) in [5.41, 5.74) is 0.626. The molecule has 0 spiro atoms. The Morgan fingerprint density at radius 1 is 1.18 bits per heavy atom. The highest BCUT2D eigenvalue weighted by Gasteiger charge is 2.28. The third kappa shape index (κ3) is 5.38. The molecule has 2 heterocycles. The molecule has 3 rings (SSSR count). The van der Waals surface area contributed by atoms with Gasteiger partial charge < -0.3 is 25.2 Å². The third-order valence-electron chi connectivity index (χ3n) is 5.24. The summed E-state index contributed by atoms with van der Waals surface area (Å²) in [6, 6.07) is 2.27. The highest BCUT2D eigenvalue weighted by molar-refractivity contribution is 7.14. The Kier molecular flexibility index (Phi) is 6.50. The van der Waals surface area contributed by atoms with Gasteiger partial charge >= 0.3 is 12.1 Å². The third-order valence-corrected chi connectivity index (χ3v) is 6.78. The summed E-state index contributed by atoms with van der Waals surface area (Å²) in [5.74, 6) is -0.892. The van der Waals surface area contributed by atoms with Crippen LogP contribution < -0.4 is 10.6 Å². The van der Waals surface area contributed by atoms with E-state index in [4.69, 9.17) is 9.47 Å². The topological polar surface area (TPSA) is 96.9 Å². The lowest BCUT2D eigenvalue weighted by Gasteiger charge is -2.30. The Morgan fingerprint density at radius 3 is 2.43 bits per heavy atom. The number of aromatic carboxylic acids is 1. The largest absolute Gasteiger partial charge is 0.477 e. The van der Waals surface area contributed by atoms with Crippen LogP contribution in [0, 0.1) is 0 Å². The van der Waals surface area contributed by atoms with Crippen molar-refractivity contribution in [3.63, 3.8) is 0 Å². The molecular weight excluding hydrogens is 380 g/mol. The minimum Gasteiger partial charge on any atom is -0.477 e. The van der Waals surface area contributed by atoms with E-state index in [2.05, 4.69) is 31.4 Å². The van der Waals surface area contributed by atoms with Crippen LogP contribution in [-0.2, 0) is 14.9 Å². The van der Waals surface area contributed by atoms with Crippen molar-refractivity contribution in [2.75, 3.05) is 18.5 Å². The summed E-state index contributed by atoms with van der Waals surface area (Å²) in [4.78, 5) is 25.0. The van der Waals surface area contributed by atoms with Gasteiger partial charge in [0.15, 0.2) is 0 Å². The SMILES string of the molecule is CC(C)(C)c1cc(NC2CCC(NC(=O)O[C@@H]3CCOC3)CC2)c(C(=O)O)s1. The monoisotopic (exact) mass is 410 g/mol. The fourth-order valence-corrected chi connectivity index (χ4v) is 4.60. The molecule has 0 bridgehead atoms. The van der Waals surface area contributed by atoms with Crippen molar-refractivity contribution in [3.05, 3.63) is 15.8 Å². The Bertz CT molecular complexity index is 698. The Labute approximate surface area is 169 Å². The Morgan fingerprint density at radius 2 is 1.86 bits per heavy atom. The zero-order chi connectivity index (χ0) is 20.3. The Hall–Kier alpha value is -1.80. The van der Waals surface area contributed by atoms with Crippen molar-refractivity contribution < 1.29 is 24.2 Å². The first-order valence-corrected chi connectivity index (χ1v) is 10.7. The summed E-state index contributed by atoms with van der Waals surface area (Å²) >= 11 is 1.34. The number of hydrogen-bond acceptors (Lipinski definition) is 6. The predicted molar refractivity (Wildman–Crippen MR) is 108 cm³/mol. The summed E-state index contributed by atoms with van der Waals surface area (Å²) < 4.78 is 10.6. The van der Waals surface area contributed by atoms with Crippen molar-refractivity contribution in [1.82, 2.24) is 5.32 Å². The van der Waals surface area contributed by atoms with Gasteiger partial charge in [0.1, 0.15) is 11.0 Å². The first-order valence-electron chi connectivity index (χ1n) is 9.91. The van der Waals surface area contributed by atoms with Crippen molar-refractivity contribution in [2.24, 2.45) is 0 Å². The molecule has 8 heteroatoms. The second kappa shape index (κ2) is 8.69. The lowest BCUT2D eigenvalue weighted by molar-refractivity contribution is 0.0702. The summed E-state index contributed by atoms with van der Waals surface area (Å²) in [6.07, 6.45) is 3.68.